The topological polar surface area (TPSA) is 79.0 Å². The summed E-state index contributed by atoms with van der Waals surface area (Å²) in [6.07, 6.45) is 5.42. The third-order valence-corrected chi connectivity index (χ3v) is 5.39. The van der Waals surface area contributed by atoms with Gasteiger partial charge in [0, 0.05) is 23.7 Å². The van der Waals surface area contributed by atoms with Crippen LogP contribution in [0.1, 0.15) is 79.3 Å². The maximum atomic E-state index is 12.6. The number of H-pyrrole nitrogens is 1. The van der Waals surface area contributed by atoms with Crippen LogP contribution < -0.4 is 10.9 Å². The Balaban J connectivity index is 1.87. The van der Waals surface area contributed by atoms with Crippen molar-refractivity contribution in [2.45, 2.75) is 65.3 Å². The highest BCUT2D eigenvalue weighted by Gasteiger charge is 2.33. The van der Waals surface area contributed by atoms with Crippen molar-refractivity contribution in [2.75, 3.05) is 0 Å². The molecule has 130 valence electrons. The molecular weight excluding hydrogens is 304 g/mol. The van der Waals surface area contributed by atoms with E-state index in [2.05, 4.69) is 17.2 Å². The van der Waals surface area contributed by atoms with Crippen molar-refractivity contribution in [3.63, 3.8) is 0 Å². The smallest absolute Gasteiger partial charge is 0.261 e. The van der Waals surface area contributed by atoms with E-state index >= 15 is 0 Å². The summed E-state index contributed by atoms with van der Waals surface area (Å²) in [5.41, 5.74) is 0.647. The van der Waals surface area contributed by atoms with E-state index < -0.39 is 5.56 Å². The third-order valence-electron chi connectivity index (χ3n) is 5.39. The average Bonchev–Trinajstić information content (AvgIpc) is 2.47. The van der Waals surface area contributed by atoms with Crippen LogP contribution in [0.3, 0.4) is 0 Å². The van der Waals surface area contributed by atoms with Gasteiger partial charge in [-0.15, -0.1) is 0 Å². The maximum absolute atomic E-state index is 12.6. The highest BCUT2D eigenvalue weighted by molar-refractivity contribution is 6.02. The molecule has 2 aliphatic carbocycles. The zero-order valence-corrected chi connectivity index (χ0v) is 14.7. The number of carbonyl (C=O) groups excluding carboxylic acids is 2. The van der Waals surface area contributed by atoms with E-state index in [1.54, 1.807) is 0 Å². The third kappa shape index (κ3) is 3.30. The van der Waals surface area contributed by atoms with Gasteiger partial charge in [0.25, 0.3) is 11.5 Å². The number of ketones is 1. The molecular formula is C19H26N2O3. The molecule has 1 saturated carbocycles. The van der Waals surface area contributed by atoms with Crippen LogP contribution in [0.15, 0.2) is 10.9 Å². The number of fused-ring (bicyclic) bond motifs is 1. The van der Waals surface area contributed by atoms with E-state index in [0.29, 0.717) is 30.0 Å². The van der Waals surface area contributed by atoms with Gasteiger partial charge in [-0.25, -0.2) is 0 Å². The predicted molar refractivity (Wildman–Crippen MR) is 92.4 cm³/mol. The van der Waals surface area contributed by atoms with Crippen molar-refractivity contribution >= 4 is 11.7 Å². The van der Waals surface area contributed by atoms with Gasteiger partial charge >= 0.3 is 0 Å². The molecule has 0 saturated heterocycles. The average molecular weight is 330 g/mol. The molecule has 1 aromatic heterocycles. The van der Waals surface area contributed by atoms with Gasteiger partial charge in [0.15, 0.2) is 5.78 Å². The Bertz CT molecular complexity index is 733. The summed E-state index contributed by atoms with van der Waals surface area (Å²) in [6, 6.07) is 1.60. The summed E-state index contributed by atoms with van der Waals surface area (Å²) < 4.78 is 0. The minimum absolute atomic E-state index is 0.00224. The predicted octanol–water partition coefficient (Wildman–Crippen LogP) is 2.84. The molecule has 1 fully saturated rings. The lowest BCUT2D eigenvalue weighted by Gasteiger charge is -2.30. The van der Waals surface area contributed by atoms with Crippen LogP contribution in [0.4, 0.5) is 0 Å². The number of aromatic amines is 1. The van der Waals surface area contributed by atoms with Gasteiger partial charge in [0.2, 0.25) is 0 Å². The van der Waals surface area contributed by atoms with Crippen molar-refractivity contribution in [3.05, 3.63) is 33.2 Å². The molecule has 0 aliphatic heterocycles. The van der Waals surface area contributed by atoms with Gasteiger partial charge in [-0.2, -0.15) is 0 Å². The number of nitrogens with one attached hydrogen (secondary N) is 2. The van der Waals surface area contributed by atoms with Crippen molar-refractivity contribution in [1.29, 1.82) is 0 Å². The van der Waals surface area contributed by atoms with Crippen molar-refractivity contribution in [3.8, 4) is 0 Å². The second-order valence-electron chi connectivity index (χ2n) is 8.19. The van der Waals surface area contributed by atoms with Gasteiger partial charge in [0.1, 0.15) is 5.56 Å². The first-order valence-corrected chi connectivity index (χ1v) is 8.87. The lowest BCUT2D eigenvalue weighted by atomic mass is 9.75. The van der Waals surface area contributed by atoms with Crippen LogP contribution in [0.5, 0.6) is 0 Å². The molecule has 0 aromatic carbocycles. The zero-order chi connectivity index (χ0) is 17.5. The number of amides is 1. The van der Waals surface area contributed by atoms with Gasteiger partial charge in [0.05, 0.1) is 0 Å². The normalized spacial score (nSPS) is 25.9. The summed E-state index contributed by atoms with van der Waals surface area (Å²) in [4.78, 5) is 40.1. The molecule has 0 radical (unpaired) electrons. The molecule has 1 heterocycles. The zero-order valence-electron chi connectivity index (χ0n) is 14.7. The number of hydrogen-bond acceptors (Lipinski definition) is 3. The van der Waals surface area contributed by atoms with Gasteiger partial charge in [-0.3, -0.25) is 14.4 Å². The molecule has 1 amide bonds. The van der Waals surface area contributed by atoms with Crippen LogP contribution in [-0.2, 0) is 6.42 Å². The number of pyridine rings is 1. The van der Waals surface area contributed by atoms with E-state index in [0.717, 1.165) is 19.3 Å². The molecule has 1 aromatic rings. The largest absolute Gasteiger partial charge is 0.349 e. The summed E-state index contributed by atoms with van der Waals surface area (Å²) >= 11 is 0. The van der Waals surface area contributed by atoms with Crippen LogP contribution in [-0.4, -0.2) is 22.7 Å². The molecule has 2 aliphatic rings. The van der Waals surface area contributed by atoms with Crippen molar-refractivity contribution in [1.82, 2.24) is 10.3 Å². The number of hydrogen-bond donors (Lipinski definition) is 2. The van der Waals surface area contributed by atoms with E-state index in [1.807, 2.05) is 13.8 Å². The highest BCUT2D eigenvalue weighted by atomic mass is 16.2. The monoisotopic (exact) mass is 330 g/mol. The Morgan fingerprint density at radius 2 is 1.92 bits per heavy atom. The Kier molecular flexibility index (Phi) is 4.37. The number of rotatable bonds is 2. The Morgan fingerprint density at radius 1 is 1.21 bits per heavy atom. The molecule has 0 spiro atoms. The standard InChI is InChI=1S/C19H26N2O3/c1-11-6-4-5-7-14(11)20-17(23)13-8-12-15(21-18(13)24)9-19(2,3)10-16(12)22/h8,11,14H,4-7,9-10H2,1-3H3,(H,20,23)(H,21,24)/t11-,14+/m0/s1. The summed E-state index contributed by atoms with van der Waals surface area (Å²) in [5.74, 6) is 0.0508. The van der Waals surface area contributed by atoms with Gasteiger partial charge < -0.3 is 10.3 Å². The van der Waals surface area contributed by atoms with Crippen LogP contribution in [0.25, 0.3) is 0 Å². The van der Waals surface area contributed by atoms with E-state index in [4.69, 9.17) is 0 Å². The molecule has 2 atom stereocenters. The lowest BCUT2D eigenvalue weighted by Crippen LogP contribution is -2.43. The SMILES string of the molecule is C[C@H]1CCCC[C@H]1NC(=O)c1cc2c([nH]c1=O)CC(C)(C)CC2=O. The molecule has 3 rings (SSSR count). The Morgan fingerprint density at radius 3 is 2.62 bits per heavy atom. The van der Waals surface area contributed by atoms with Gasteiger partial charge in [-0.1, -0.05) is 33.6 Å². The molecule has 5 nitrogen and oxygen atoms in total. The fourth-order valence-corrected chi connectivity index (χ4v) is 3.97. The second-order valence-corrected chi connectivity index (χ2v) is 8.19. The Labute approximate surface area is 142 Å². The number of aromatic nitrogens is 1. The molecule has 2 N–H and O–H groups in total. The summed E-state index contributed by atoms with van der Waals surface area (Å²) in [7, 11) is 0. The highest BCUT2D eigenvalue weighted by Crippen LogP contribution is 2.33. The van der Waals surface area contributed by atoms with Crippen LogP contribution in [0, 0.1) is 11.3 Å². The van der Waals surface area contributed by atoms with E-state index in [-0.39, 0.29) is 28.7 Å². The molecule has 0 unspecified atom stereocenters. The quantitative estimate of drug-likeness (QED) is 0.875. The van der Waals surface area contributed by atoms with E-state index in [9.17, 15) is 14.4 Å². The first-order chi connectivity index (χ1) is 11.3. The lowest BCUT2D eigenvalue weighted by molar-refractivity contribution is 0.0907. The Hall–Kier alpha value is -1.91. The minimum Gasteiger partial charge on any atom is -0.349 e. The summed E-state index contributed by atoms with van der Waals surface area (Å²) in [5, 5.41) is 2.99. The molecule has 24 heavy (non-hydrogen) atoms. The molecule has 0 bridgehead atoms. The first kappa shape index (κ1) is 16.9. The van der Waals surface area contributed by atoms with E-state index in [1.165, 1.54) is 12.5 Å². The first-order valence-electron chi connectivity index (χ1n) is 8.87. The maximum Gasteiger partial charge on any atom is 0.261 e. The van der Waals surface area contributed by atoms with Crippen LogP contribution in [0.2, 0.25) is 0 Å². The second kappa shape index (κ2) is 6.19. The van der Waals surface area contributed by atoms with Crippen LogP contribution >= 0.6 is 0 Å². The number of carbonyl (C=O) groups is 2. The van der Waals surface area contributed by atoms with Gasteiger partial charge in [-0.05, 0) is 36.7 Å². The van der Waals surface area contributed by atoms with Crippen molar-refractivity contribution < 1.29 is 9.59 Å². The molecule has 5 heteroatoms. The van der Waals surface area contributed by atoms with Crippen molar-refractivity contribution in [2.24, 2.45) is 11.3 Å². The fraction of sp³-hybridized carbons (Fsp3) is 0.632. The minimum atomic E-state index is -0.403. The number of Topliss-reactive ketones (excluding diaryl/α,β-unsaturated/α-hetero) is 1. The fourth-order valence-electron chi connectivity index (χ4n) is 3.97. The summed E-state index contributed by atoms with van der Waals surface area (Å²) in [6.45, 7) is 6.15.